The number of benzene rings is 1. The van der Waals surface area contributed by atoms with Crippen molar-refractivity contribution in [3.8, 4) is 0 Å². The van der Waals surface area contributed by atoms with Gasteiger partial charge in [0.25, 0.3) is 0 Å². The highest BCUT2D eigenvalue weighted by molar-refractivity contribution is 6.00. The molecule has 1 amide bonds. The predicted octanol–water partition coefficient (Wildman–Crippen LogP) is 2.42. The number of anilines is 1. The van der Waals surface area contributed by atoms with Crippen molar-refractivity contribution >= 4 is 24.0 Å². The van der Waals surface area contributed by atoms with E-state index in [1.54, 1.807) is 0 Å². The number of aliphatic hydroxyl groups is 1. The molecule has 6 rings (SSSR count). The predicted molar refractivity (Wildman–Crippen MR) is 103 cm³/mol. The van der Waals surface area contributed by atoms with Gasteiger partial charge in [-0.05, 0) is 36.6 Å². The van der Waals surface area contributed by atoms with Crippen molar-refractivity contribution in [3.63, 3.8) is 0 Å². The highest BCUT2D eigenvalue weighted by atomic mass is 35.5. The van der Waals surface area contributed by atoms with Gasteiger partial charge in [-0.2, -0.15) is 0 Å². The van der Waals surface area contributed by atoms with Gasteiger partial charge in [-0.1, -0.05) is 35.9 Å². The van der Waals surface area contributed by atoms with Crippen molar-refractivity contribution in [2.24, 2.45) is 5.92 Å². The summed E-state index contributed by atoms with van der Waals surface area (Å²) in [5.74, 6) is 0.638. The quantitative estimate of drug-likeness (QED) is 0.772. The van der Waals surface area contributed by atoms with Gasteiger partial charge in [0, 0.05) is 36.0 Å². The van der Waals surface area contributed by atoms with E-state index in [0.717, 1.165) is 31.6 Å². The Bertz CT molecular complexity index is 863. The molecule has 5 aliphatic rings. The third-order valence-corrected chi connectivity index (χ3v) is 7.40. The maximum absolute atomic E-state index is 12.9. The van der Waals surface area contributed by atoms with E-state index in [0.29, 0.717) is 18.4 Å². The van der Waals surface area contributed by atoms with Gasteiger partial charge in [0.1, 0.15) is 0 Å². The number of amides is 1. The molecular formula is C21H23ClN2O2. The molecule has 0 unspecified atom stereocenters. The molecular weight excluding hydrogens is 348 g/mol. The number of hydrogen-bond acceptors (Lipinski definition) is 3. The number of halogens is 1. The molecule has 1 aromatic carbocycles. The molecule has 1 spiro atoms. The van der Waals surface area contributed by atoms with Crippen LogP contribution in [0.2, 0.25) is 0 Å². The van der Waals surface area contributed by atoms with E-state index in [-0.39, 0.29) is 36.4 Å². The molecule has 2 saturated heterocycles. The minimum absolute atomic E-state index is 0. The van der Waals surface area contributed by atoms with Gasteiger partial charge >= 0.3 is 0 Å². The van der Waals surface area contributed by atoms with E-state index in [1.807, 2.05) is 6.08 Å². The van der Waals surface area contributed by atoms with Crippen LogP contribution in [0.3, 0.4) is 0 Å². The standard InChI is InChI=1S/C21H22N2O2.ClH/c24-10-7-13-12-22-9-8-21-16-3-1-2-4-17(16)23-19(25)6-5-14(20(21)23)15(13)11-18(21)22;/h1-5,7,15,18,20,24H,6,8-12H2;1H/t15-,18-,20-,21+;/m0./s1. The first kappa shape index (κ1) is 16.5. The molecule has 1 N–H and O–H groups in total. The first-order valence-corrected chi connectivity index (χ1v) is 9.41. The van der Waals surface area contributed by atoms with Crippen molar-refractivity contribution in [1.29, 1.82) is 0 Å². The van der Waals surface area contributed by atoms with Crippen LogP contribution in [-0.2, 0) is 10.2 Å². The van der Waals surface area contributed by atoms with Crippen LogP contribution in [0.25, 0.3) is 0 Å². The van der Waals surface area contributed by atoms with Crippen LogP contribution in [-0.4, -0.2) is 47.7 Å². The fourth-order valence-electron chi connectivity index (χ4n) is 6.62. The summed E-state index contributed by atoms with van der Waals surface area (Å²) >= 11 is 0. The van der Waals surface area contributed by atoms with E-state index in [2.05, 4.69) is 40.1 Å². The van der Waals surface area contributed by atoms with Crippen LogP contribution in [0.5, 0.6) is 0 Å². The second kappa shape index (κ2) is 5.44. The summed E-state index contributed by atoms with van der Waals surface area (Å²) in [6.45, 7) is 2.16. The summed E-state index contributed by atoms with van der Waals surface area (Å²) in [5.41, 5.74) is 5.39. The molecule has 0 radical (unpaired) electrons. The highest BCUT2D eigenvalue weighted by Gasteiger charge is 2.67. The number of fused-ring (bicyclic) bond motifs is 4. The molecule has 3 fully saturated rings. The summed E-state index contributed by atoms with van der Waals surface area (Å²) in [7, 11) is 0. The van der Waals surface area contributed by atoms with Gasteiger partial charge in [0.2, 0.25) is 5.91 Å². The third-order valence-electron chi connectivity index (χ3n) is 7.40. The molecule has 4 aliphatic heterocycles. The zero-order valence-corrected chi connectivity index (χ0v) is 15.4. The summed E-state index contributed by atoms with van der Waals surface area (Å²) in [6.07, 6.45) is 6.99. The fraction of sp³-hybridized carbons (Fsp3) is 0.476. The number of aliphatic hydroxyl groups excluding tert-OH is 1. The molecule has 1 aliphatic carbocycles. The summed E-state index contributed by atoms with van der Waals surface area (Å²) in [5, 5.41) is 9.50. The Morgan fingerprint density at radius 2 is 2.15 bits per heavy atom. The molecule has 5 heteroatoms. The van der Waals surface area contributed by atoms with Crippen LogP contribution >= 0.6 is 12.4 Å². The van der Waals surface area contributed by atoms with E-state index < -0.39 is 0 Å². The summed E-state index contributed by atoms with van der Waals surface area (Å²) in [6, 6.07) is 9.29. The first-order valence-electron chi connectivity index (χ1n) is 9.41. The number of carbonyl (C=O) groups excluding carboxylic acids is 1. The number of hydrogen-bond donors (Lipinski definition) is 1. The lowest BCUT2D eigenvalue weighted by atomic mass is 9.57. The van der Waals surface area contributed by atoms with Crippen molar-refractivity contribution in [3.05, 3.63) is 53.1 Å². The topological polar surface area (TPSA) is 43.8 Å². The summed E-state index contributed by atoms with van der Waals surface area (Å²) < 4.78 is 0. The second-order valence-electron chi connectivity index (χ2n) is 8.12. The summed E-state index contributed by atoms with van der Waals surface area (Å²) in [4.78, 5) is 17.6. The molecule has 1 aromatic rings. The minimum atomic E-state index is 0. The lowest BCUT2D eigenvalue weighted by Gasteiger charge is -2.54. The Labute approximate surface area is 159 Å². The van der Waals surface area contributed by atoms with E-state index >= 15 is 0 Å². The van der Waals surface area contributed by atoms with Gasteiger partial charge < -0.3 is 10.0 Å². The zero-order chi connectivity index (χ0) is 16.8. The number of rotatable bonds is 1. The molecule has 0 aromatic heterocycles. The minimum Gasteiger partial charge on any atom is -0.392 e. The lowest BCUT2D eigenvalue weighted by Crippen LogP contribution is -2.62. The Hall–Kier alpha value is -1.62. The van der Waals surface area contributed by atoms with Gasteiger partial charge in [-0.3, -0.25) is 9.69 Å². The second-order valence-corrected chi connectivity index (χ2v) is 8.12. The van der Waals surface area contributed by atoms with Gasteiger partial charge in [-0.25, -0.2) is 0 Å². The van der Waals surface area contributed by atoms with Crippen molar-refractivity contribution in [1.82, 2.24) is 4.90 Å². The van der Waals surface area contributed by atoms with Gasteiger partial charge in [0.05, 0.1) is 12.6 Å². The van der Waals surface area contributed by atoms with Crippen molar-refractivity contribution < 1.29 is 9.90 Å². The van der Waals surface area contributed by atoms with E-state index in [9.17, 15) is 9.90 Å². The monoisotopic (exact) mass is 370 g/mol. The maximum Gasteiger partial charge on any atom is 0.231 e. The van der Waals surface area contributed by atoms with Crippen LogP contribution in [0.1, 0.15) is 24.8 Å². The van der Waals surface area contributed by atoms with E-state index in [1.165, 1.54) is 16.7 Å². The highest BCUT2D eigenvalue weighted by Crippen LogP contribution is 2.63. The van der Waals surface area contributed by atoms with Crippen LogP contribution in [0.15, 0.2) is 47.6 Å². The average Bonchev–Trinajstić information content (AvgIpc) is 3.17. The Balaban J connectivity index is 0.00000150. The van der Waals surface area contributed by atoms with Gasteiger partial charge in [0.15, 0.2) is 0 Å². The Morgan fingerprint density at radius 3 is 3.00 bits per heavy atom. The van der Waals surface area contributed by atoms with Crippen LogP contribution < -0.4 is 4.90 Å². The smallest absolute Gasteiger partial charge is 0.231 e. The van der Waals surface area contributed by atoms with Crippen LogP contribution in [0, 0.1) is 5.92 Å². The maximum atomic E-state index is 12.9. The van der Waals surface area contributed by atoms with E-state index in [4.69, 9.17) is 0 Å². The number of nitrogens with zero attached hydrogens (tertiary/aromatic N) is 2. The average molecular weight is 371 g/mol. The molecule has 136 valence electrons. The number of piperidine rings is 1. The lowest BCUT2D eigenvalue weighted by molar-refractivity contribution is -0.118. The molecule has 4 atom stereocenters. The van der Waals surface area contributed by atoms with Gasteiger partial charge in [-0.15, -0.1) is 12.4 Å². The molecule has 1 saturated carbocycles. The first-order chi connectivity index (χ1) is 12.3. The molecule has 26 heavy (non-hydrogen) atoms. The largest absolute Gasteiger partial charge is 0.392 e. The SMILES string of the molecule is Cl.O=C1CC=C2[C@H]3C[C@@H]4N(CC[C@@]45c4ccccc4N1[C@@H]25)CC3=CCO. The van der Waals surface area contributed by atoms with Crippen molar-refractivity contribution in [2.45, 2.75) is 36.8 Å². The molecule has 4 nitrogen and oxygen atoms in total. The van der Waals surface area contributed by atoms with Crippen LogP contribution in [0.4, 0.5) is 5.69 Å². The number of carbonyl (C=O) groups is 1. The zero-order valence-electron chi connectivity index (χ0n) is 14.6. The molecule has 4 heterocycles. The molecule has 2 bridgehead atoms. The Kier molecular flexibility index (Phi) is 3.46. The third kappa shape index (κ3) is 1.71. The van der Waals surface area contributed by atoms with Crippen molar-refractivity contribution in [2.75, 3.05) is 24.6 Å². The fourth-order valence-corrected chi connectivity index (χ4v) is 6.62. The number of para-hydroxylation sites is 1. The normalized spacial score (nSPS) is 38.0. The Morgan fingerprint density at radius 1 is 1.31 bits per heavy atom.